The van der Waals surface area contributed by atoms with Gasteiger partial charge >= 0.3 is 12.2 Å². The van der Waals surface area contributed by atoms with Gasteiger partial charge in [0, 0.05) is 0 Å². The number of rotatable bonds is 12. The summed E-state index contributed by atoms with van der Waals surface area (Å²) in [5.41, 5.74) is 0. The van der Waals surface area contributed by atoms with Gasteiger partial charge in [-0.25, -0.2) is 9.59 Å². The number of amides is 2. The number of ether oxygens (including phenoxy) is 2. The van der Waals surface area contributed by atoms with Gasteiger partial charge in [0.05, 0.1) is 13.2 Å². The summed E-state index contributed by atoms with van der Waals surface area (Å²) in [6.45, 7) is 6.95. The Morgan fingerprint density at radius 2 is 1.23 bits per heavy atom. The highest BCUT2D eigenvalue weighted by molar-refractivity contribution is 5.70. The van der Waals surface area contributed by atoms with E-state index in [9.17, 15) is 9.59 Å². The molecule has 0 spiro atoms. The first-order chi connectivity index (χ1) is 10.6. The van der Waals surface area contributed by atoms with E-state index in [1.54, 1.807) is 0 Å². The Morgan fingerprint density at radius 3 is 1.64 bits per heavy atom. The van der Waals surface area contributed by atoms with Crippen LogP contribution in [0.15, 0.2) is 0 Å². The molecule has 0 aliphatic carbocycles. The predicted octanol–water partition coefficient (Wildman–Crippen LogP) is 3.95. The molecule has 0 aromatic heterocycles. The third-order valence-electron chi connectivity index (χ3n) is 3.14. The van der Waals surface area contributed by atoms with E-state index < -0.39 is 18.4 Å². The molecule has 0 atom stereocenters. The van der Waals surface area contributed by atoms with Crippen molar-refractivity contribution in [2.45, 2.75) is 78.3 Å². The molecule has 0 radical (unpaired) electrons. The lowest BCUT2D eigenvalue weighted by molar-refractivity contribution is 0.126. The van der Waals surface area contributed by atoms with Crippen molar-refractivity contribution in [2.75, 3.05) is 13.2 Å². The standard InChI is InChI=1S/C16H32N2O4/c1-4-7-10-11-14(17-15(19)21-12-8-5-2)18-16(20)22-13-9-6-3/h14H,4-13H2,1-3H3,(H,17,19)(H,18,20). The Labute approximate surface area is 134 Å². The average Bonchev–Trinajstić information content (AvgIpc) is 2.48. The zero-order chi connectivity index (χ0) is 16.6. The maximum Gasteiger partial charge on any atom is 0.408 e. The fourth-order valence-electron chi connectivity index (χ4n) is 1.77. The van der Waals surface area contributed by atoms with Crippen molar-refractivity contribution in [2.24, 2.45) is 0 Å². The summed E-state index contributed by atoms with van der Waals surface area (Å²) in [6.07, 6.45) is 5.88. The Kier molecular flexibility index (Phi) is 13.5. The molecule has 0 heterocycles. The smallest absolute Gasteiger partial charge is 0.408 e. The molecule has 2 amide bonds. The molecule has 0 fully saturated rings. The Balaban J connectivity index is 4.17. The van der Waals surface area contributed by atoms with Crippen molar-refractivity contribution in [1.29, 1.82) is 0 Å². The zero-order valence-electron chi connectivity index (χ0n) is 14.3. The minimum Gasteiger partial charge on any atom is -0.450 e. The molecule has 6 heteroatoms. The van der Waals surface area contributed by atoms with Crippen LogP contribution in [0.4, 0.5) is 9.59 Å². The third kappa shape index (κ3) is 12.3. The largest absolute Gasteiger partial charge is 0.450 e. The first kappa shape index (κ1) is 20.5. The molecule has 0 saturated carbocycles. The molecule has 6 nitrogen and oxygen atoms in total. The van der Waals surface area contributed by atoms with Crippen molar-refractivity contribution < 1.29 is 19.1 Å². The van der Waals surface area contributed by atoms with E-state index in [1.807, 2.05) is 13.8 Å². The van der Waals surface area contributed by atoms with Gasteiger partial charge in [-0.1, -0.05) is 46.5 Å². The molecule has 0 unspecified atom stereocenters. The van der Waals surface area contributed by atoms with E-state index in [-0.39, 0.29) is 0 Å². The van der Waals surface area contributed by atoms with Crippen molar-refractivity contribution in [3.05, 3.63) is 0 Å². The number of nitrogens with one attached hydrogen (secondary N) is 2. The van der Waals surface area contributed by atoms with E-state index in [2.05, 4.69) is 17.6 Å². The summed E-state index contributed by atoms with van der Waals surface area (Å²) in [4.78, 5) is 23.4. The lowest BCUT2D eigenvalue weighted by atomic mass is 10.2. The zero-order valence-corrected chi connectivity index (χ0v) is 14.3. The van der Waals surface area contributed by atoms with Gasteiger partial charge in [0.25, 0.3) is 0 Å². The molecular formula is C16H32N2O4. The third-order valence-corrected chi connectivity index (χ3v) is 3.14. The van der Waals surface area contributed by atoms with Gasteiger partial charge in [-0.3, -0.25) is 0 Å². The van der Waals surface area contributed by atoms with Crippen molar-refractivity contribution >= 4 is 12.2 Å². The number of hydrogen-bond acceptors (Lipinski definition) is 4. The lowest BCUT2D eigenvalue weighted by Gasteiger charge is -2.19. The molecule has 22 heavy (non-hydrogen) atoms. The van der Waals surface area contributed by atoms with Crippen LogP contribution < -0.4 is 10.6 Å². The van der Waals surface area contributed by atoms with Gasteiger partial charge < -0.3 is 20.1 Å². The topological polar surface area (TPSA) is 76.7 Å². The van der Waals surface area contributed by atoms with Crippen molar-refractivity contribution in [3.63, 3.8) is 0 Å². The number of carbonyl (C=O) groups is 2. The average molecular weight is 316 g/mol. The fourth-order valence-corrected chi connectivity index (χ4v) is 1.77. The molecule has 0 aromatic carbocycles. The highest BCUT2D eigenvalue weighted by Crippen LogP contribution is 2.03. The van der Waals surface area contributed by atoms with Gasteiger partial charge in [0.2, 0.25) is 0 Å². The molecule has 130 valence electrons. The number of carbonyl (C=O) groups excluding carboxylic acids is 2. The summed E-state index contributed by atoms with van der Waals surface area (Å²) >= 11 is 0. The normalized spacial score (nSPS) is 10.4. The van der Waals surface area contributed by atoms with Gasteiger partial charge in [0.1, 0.15) is 6.17 Å². The molecular weight excluding hydrogens is 284 g/mol. The van der Waals surface area contributed by atoms with Crippen LogP contribution >= 0.6 is 0 Å². The molecule has 0 rings (SSSR count). The number of hydrogen-bond donors (Lipinski definition) is 2. The molecule has 0 aliphatic rings. The van der Waals surface area contributed by atoms with E-state index in [1.165, 1.54) is 0 Å². The van der Waals surface area contributed by atoms with E-state index in [0.29, 0.717) is 19.6 Å². The van der Waals surface area contributed by atoms with Crippen LogP contribution in [0.2, 0.25) is 0 Å². The highest BCUT2D eigenvalue weighted by atomic mass is 16.6. The monoisotopic (exact) mass is 316 g/mol. The van der Waals surface area contributed by atoms with E-state index in [4.69, 9.17) is 9.47 Å². The minimum atomic E-state index is -0.496. The van der Waals surface area contributed by atoms with Crippen LogP contribution in [0, 0.1) is 0 Å². The Hall–Kier alpha value is -1.46. The summed E-state index contributed by atoms with van der Waals surface area (Å²) in [7, 11) is 0. The minimum absolute atomic E-state index is 0.394. The molecule has 0 aliphatic heterocycles. The second kappa shape index (κ2) is 14.5. The van der Waals surface area contributed by atoms with Crippen molar-refractivity contribution in [3.8, 4) is 0 Å². The van der Waals surface area contributed by atoms with Crippen LogP contribution in [0.25, 0.3) is 0 Å². The molecule has 0 bridgehead atoms. The maximum absolute atomic E-state index is 11.7. The SMILES string of the molecule is CCCCCC(NC(=O)OCCCC)NC(=O)OCCCC. The highest BCUT2D eigenvalue weighted by Gasteiger charge is 2.16. The maximum atomic E-state index is 11.7. The lowest BCUT2D eigenvalue weighted by Crippen LogP contribution is -2.48. The van der Waals surface area contributed by atoms with Crippen LogP contribution in [0.3, 0.4) is 0 Å². The number of alkyl carbamates (subject to hydrolysis) is 2. The van der Waals surface area contributed by atoms with E-state index >= 15 is 0 Å². The van der Waals surface area contributed by atoms with Crippen LogP contribution in [0.5, 0.6) is 0 Å². The quantitative estimate of drug-likeness (QED) is 0.422. The molecule has 0 saturated heterocycles. The second-order valence-electron chi connectivity index (χ2n) is 5.32. The predicted molar refractivity (Wildman–Crippen MR) is 86.7 cm³/mol. The van der Waals surface area contributed by atoms with E-state index in [0.717, 1.165) is 44.9 Å². The van der Waals surface area contributed by atoms with Crippen LogP contribution in [0.1, 0.15) is 72.1 Å². The molecule has 0 aromatic rings. The fraction of sp³-hybridized carbons (Fsp3) is 0.875. The van der Waals surface area contributed by atoms with Crippen molar-refractivity contribution in [1.82, 2.24) is 10.6 Å². The second-order valence-corrected chi connectivity index (χ2v) is 5.32. The summed E-state index contributed by atoms with van der Waals surface area (Å²) < 4.78 is 10.1. The van der Waals surface area contributed by atoms with Gasteiger partial charge in [-0.05, 0) is 25.7 Å². The Bertz CT molecular complexity index is 274. The van der Waals surface area contributed by atoms with Crippen LogP contribution in [-0.2, 0) is 9.47 Å². The number of unbranched alkanes of at least 4 members (excludes halogenated alkanes) is 4. The Morgan fingerprint density at radius 1 is 0.773 bits per heavy atom. The van der Waals surface area contributed by atoms with Gasteiger partial charge in [-0.15, -0.1) is 0 Å². The van der Waals surface area contributed by atoms with Gasteiger partial charge in [0.15, 0.2) is 0 Å². The first-order valence-electron chi connectivity index (χ1n) is 8.50. The van der Waals surface area contributed by atoms with Gasteiger partial charge in [-0.2, -0.15) is 0 Å². The molecule has 2 N–H and O–H groups in total. The summed E-state index contributed by atoms with van der Waals surface area (Å²) in [5, 5.41) is 5.37. The first-order valence-corrected chi connectivity index (χ1v) is 8.50. The van der Waals surface area contributed by atoms with Crippen LogP contribution in [-0.4, -0.2) is 31.6 Å². The summed E-state index contributed by atoms with van der Waals surface area (Å²) in [5.74, 6) is 0. The summed E-state index contributed by atoms with van der Waals surface area (Å²) in [6, 6.07) is 0.